The lowest BCUT2D eigenvalue weighted by Gasteiger charge is -2.05. The molecule has 0 bridgehead atoms. The number of hydrogen-bond acceptors (Lipinski definition) is 6. The summed E-state index contributed by atoms with van der Waals surface area (Å²) in [7, 11) is -3.80. The molecule has 9 heteroatoms. The molecule has 1 aromatic carbocycles. The van der Waals surface area contributed by atoms with E-state index in [4.69, 9.17) is 16.0 Å². The van der Waals surface area contributed by atoms with E-state index in [1.807, 2.05) is 0 Å². The van der Waals surface area contributed by atoms with E-state index in [9.17, 15) is 8.42 Å². The fraction of sp³-hybridized carbons (Fsp3) is 0.333. The molecule has 1 aliphatic heterocycles. The van der Waals surface area contributed by atoms with E-state index in [0.29, 0.717) is 10.9 Å². The van der Waals surface area contributed by atoms with Gasteiger partial charge in [-0.1, -0.05) is 22.8 Å². The molecule has 2 aromatic rings. The number of sulfonamides is 1. The van der Waals surface area contributed by atoms with Gasteiger partial charge in [0.2, 0.25) is 5.89 Å². The third-order valence-electron chi connectivity index (χ3n) is 3.13. The number of hydrogen-bond donors (Lipinski definition) is 2. The number of aromatic nitrogens is 2. The third-order valence-corrected chi connectivity index (χ3v) is 4.68. The summed E-state index contributed by atoms with van der Waals surface area (Å²) in [5, 5.41) is 11.1. The second kappa shape index (κ2) is 5.63. The molecule has 1 atom stereocenters. The summed E-state index contributed by atoms with van der Waals surface area (Å²) in [5.41, 5.74) is 0. The molecule has 1 unspecified atom stereocenters. The van der Waals surface area contributed by atoms with Crippen molar-refractivity contribution < 1.29 is 12.8 Å². The van der Waals surface area contributed by atoms with Gasteiger partial charge in [-0.3, -0.25) is 0 Å². The van der Waals surface area contributed by atoms with Gasteiger partial charge >= 0.3 is 6.01 Å². The monoisotopic (exact) mass is 328 g/mol. The molecular weight excluding hydrogens is 316 g/mol. The lowest BCUT2D eigenvalue weighted by molar-refractivity contribution is 0.439. The molecule has 1 saturated heterocycles. The first-order chi connectivity index (χ1) is 10.0. The third kappa shape index (κ3) is 3.17. The molecule has 112 valence electrons. The van der Waals surface area contributed by atoms with Crippen LogP contribution in [0.4, 0.5) is 6.01 Å². The Kier molecular flexibility index (Phi) is 3.83. The van der Waals surface area contributed by atoms with E-state index < -0.39 is 10.0 Å². The van der Waals surface area contributed by atoms with E-state index >= 15 is 0 Å². The van der Waals surface area contributed by atoms with E-state index in [0.717, 1.165) is 19.4 Å². The van der Waals surface area contributed by atoms with E-state index in [1.165, 1.54) is 12.1 Å². The Morgan fingerprint density at radius 3 is 2.95 bits per heavy atom. The Balaban J connectivity index is 1.79. The highest BCUT2D eigenvalue weighted by Crippen LogP contribution is 2.24. The average Bonchev–Trinajstić information content (AvgIpc) is 3.08. The van der Waals surface area contributed by atoms with Gasteiger partial charge in [-0.15, -0.1) is 5.10 Å². The van der Waals surface area contributed by atoms with Gasteiger partial charge in [0.05, 0.1) is 10.9 Å². The number of nitrogens with one attached hydrogen (secondary N) is 2. The Bertz CT molecular complexity index is 740. The zero-order valence-electron chi connectivity index (χ0n) is 10.9. The predicted octanol–water partition coefficient (Wildman–Crippen LogP) is 1.95. The van der Waals surface area contributed by atoms with Gasteiger partial charge in [-0.05, 0) is 37.6 Å². The summed E-state index contributed by atoms with van der Waals surface area (Å²) >= 11 is 5.79. The summed E-state index contributed by atoms with van der Waals surface area (Å²) in [4.78, 5) is 0.0359. The van der Waals surface area contributed by atoms with E-state index in [-0.39, 0.29) is 17.0 Å². The van der Waals surface area contributed by atoms with E-state index in [1.54, 1.807) is 12.1 Å². The van der Waals surface area contributed by atoms with Crippen LogP contribution in [0.1, 0.15) is 24.8 Å². The maximum absolute atomic E-state index is 12.2. The van der Waals surface area contributed by atoms with Crippen LogP contribution in [0.15, 0.2) is 33.6 Å². The second-order valence-corrected chi connectivity index (χ2v) is 6.78. The van der Waals surface area contributed by atoms with Crippen molar-refractivity contribution in [2.24, 2.45) is 0 Å². The first kappa shape index (κ1) is 14.3. The Morgan fingerprint density at radius 2 is 2.24 bits per heavy atom. The van der Waals surface area contributed by atoms with Gasteiger partial charge in [-0.2, -0.15) is 0 Å². The smallest absolute Gasteiger partial charge is 0.329 e. The molecule has 3 rings (SSSR count). The van der Waals surface area contributed by atoms with Crippen molar-refractivity contribution in [2.45, 2.75) is 23.8 Å². The minimum Gasteiger partial charge on any atom is -0.406 e. The summed E-state index contributed by atoms with van der Waals surface area (Å²) < 4.78 is 31.9. The molecule has 21 heavy (non-hydrogen) atoms. The molecule has 0 saturated carbocycles. The van der Waals surface area contributed by atoms with Gasteiger partial charge in [0.15, 0.2) is 0 Å². The van der Waals surface area contributed by atoms with Crippen LogP contribution in [0.2, 0.25) is 5.02 Å². The fourth-order valence-electron chi connectivity index (χ4n) is 2.12. The molecule has 2 N–H and O–H groups in total. The van der Waals surface area contributed by atoms with Crippen LogP contribution in [0, 0.1) is 0 Å². The van der Waals surface area contributed by atoms with Gasteiger partial charge in [-0.25, -0.2) is 13.1 Å². The quantitative estimate of drug-likeness (QED) is 0.890. The van der Waals surface area contributed by atoms with Crippen molar-refractivity contribution >= 4 is 27.6 Å². The summed E-state index contributed by atoms with van der Waals surface area (Å²) in [6.07, 6.45) is 1.92. The van der Waals surface area contributed by atoms with Crippen LogP contribution in [0.25, 0.3) is 0 Å². The molecule has 1 aliphatic rings. The van der Waals surface area contributed by atoms with E-state index in [2.05, 4.69) is 20.2 Å². The number of anilines is 1. The highest BCUT2D eigenvalue weighted by Gasteiger charge is 2.24. The maximum atomic E-state index is 12.2. The number of benzene rings is 1. The van der Waals surface area contributed by atoms with Crippen LogP contribution in [-0.4, -0.2) is 25.2 Å². The average molecular weight is 329 g/mol. The van der Waals surface area contributed by atoms with Gasteiger partial charge in [0.1, 0.15) is 0 Å². The first-order valence-electron chi connectivity index (χ1n) is 6.40. The highest BCUT2D eigenvalue weighted by molar-refractivity contribution is 7.92. The summed E-state index contributed by atoms with van der Waals surface area (Å²) in [6, 6.07) is 5.76. The topological polar surface area (TPSA) is 97.1 Å². The molecule has 1 fully saturated rings. The van der Waals surface area contributed by atoms with Crippen molar-refractivity contribution in [1.29, 1.82) is 0 Å². The first-order valence-corrected chi connectivity index (χ1v) is 8.26. The Morgan fingerprint density at radius 1 is 1.38 bits per heavy atom. The van der Waals surface area contributed by atoms with Crippen molar-refractivity contribution in [2.75, 3.05) is 11.3 Å². The standard InChI is InChI=1S/C12H13ClN4O3S/c13-8-3-1-4-9(7-8)21(18,19)17-12-16-15-11(20-12)10-5-2-6-14-10/h1,3-4,7,10,14H,2,5-6H2,(H,16,17). The molecule has 0 amide bonds. The van der Waals surface area contributed by atoms with Crippen LogP contribution in [0.3, 0.4) is 0 Å². The second-order valence-electron chi connectivity index (χ2n) is 4.66. The normalized spacial score (nSPS) is 18.8. The molecular formula is C12H13ClN4O3S. The summed E-state index contributed by atoms with van der Waals surface area (Å²) in [6.45, 7) is 0.886. The number of nitrogens with zero attached hydrogens (tertiary/aromatic N) is 2. The molecule has 7 nitrogen and oxygen atoms in total. The SMILES string of the molecule is O=S(=O)(Nc1nnc(C2CCCN2)o1)c1cccc(Cl)c1. The van der Waals surface area contributed by atoms with Crippen LogP contribution in [-0.2, 0) is 10.0 Å². The largest absolute Gasteiger partial charge is 0.406 e. The maximum Gasteiger partial charge on any atom is 0.329 e. The highest BCUT2D eigenvalue weighted by atomic mass is 35.5. The fourth-order valence-corrected chi connectivity index (χ4v) is 3.35. The minimum atomic E-state index is -3.80. The lowest BCUT2D eigenvalue weighted by Crippen LogP contribution is -2.13. The van der Waals surface area contributed by atoms with Crippen molar-refractivity contribution in [1.82, 2.24) is 15.5 Å². The molecule has 2 heterocycles. The lowest BCUT2D eigenvalue weighted by atomic mass is 10.2. The Labute approximate surface area is 126 Å². The minimum absolute atomic E-state index is 0.0121. The zero-order valence-corrected chi connectivity index (χ0v) is 12.5. The van der Waals surface area contributed by atoms with Crippen LogP contribution >= 0.6 is 11.6 Å². The molecule has 0 aliphatic carbocycles. The Hall–Kier alpha value is -1.64. The predicted molar refractivity (Wildman–Crippen MR) is 76.5 cm³/mol. The van der Waals surface area contributed by atoms with Gasteiger partial charge < -0.3 is 9.73 Å². The van der Waals surface area contributed by atoms with Gasteiger partial charge in [0, 0.05) is 5.02 Å². The molecule has 0 spiro atoms. The zero-order chi connectivity index (χ0) is 14.9. The van der Waals surface area contributed by atoms with Crippen molar-refractivity contribution in [3.8, 4) is 0 Å². The van der Waals surface area contributed by atoms with Crippen LogP contribution < -0.4 is 10.0 Å². The van der Waals surface area contributed by atoms with Crippen molar-refractivity contribution in [3.05, 3.63) is 35.2 Å². The van der Waals surface area contributed by atoms with Gasteiger partial charge in [0.25, 0.3) is 10.0 Å². The van der Waals surface area contributed by atoms with Crippen LogP contribution in [0.5, 0.6) is 0 Å². The molecule has 0 radical (unpaired) electrons. The summed E-state index contributed by atoms with van der Waals surface area (Å²) in [5.74, 6) is 0.385. The molecule has 1 aromatic heterocycles. The number of rotatable bonds is 4. The number of halogens is 1. The van der Waals surface area contributed by atoms with Crippen molar-refractivity contribution in [3.63, 3.8) is 0 Å².